The molecular formula is C15H15F3N4OS. The van der Waals surface area contributed by atoms with Gasteiger partial charge in [-0.25, -0.2) is 4.98 Å². The molecular weight excluding hydrogens is 341 g/mol. The van der Waals surface area contributed by atoms with Crippen LogP contribution >= 0.6 is 11.3 Å². The fourth-order valence-electron chi connectivity index (χ4n) is 2.22. The Morgan fingerprint density at radius 1 is 1.50 bits per heavy atom. The molecule has 0 unspecified atom stereocenters. The van der Waals surface area contributed by atoms with E-state index in [0.29, 0.717) is 5.92 Å². The van der Waals surface area contributed by atoms with Gasteiger partial charge in [-0.3, -0.25) is 14.4 Å². The van der Waals surface area contributed by atoms with E-state index in [9.17, 15) is 18.0 Å². The highest BCUT2D eigenvalue weighted by Crippen LogP contribution is 2.42. The fourth-order valence-corrected chi connectivity index (χ4v) is 3.29. The normalized spacial score (nSPS) is 14.6. The van der Waals surface area contributed by atoms with Crippen molar-refractivity contribution in [2.24, 2.45) is 0 Å². The zero-order chi connectivity index (χ0) is 17.3. The predicted octanol–water partition coefficient (Wildman–Crippen LogP) is 3.50. The van der Waals surface area contributed by atoms with Gasteiger partial charge in [0.25, 0.3) is 5.91 Å². The van der Waals surface area contributed by atoms with E-state index in [0.717, 1.165) is 33.5 Å². The molecule has 0 spiro atoms. The summed E-state index contributed by atoms with van der Waals surface area (Å²) < 4.78 is 38.1. The first-order chi connectivity index (χ1) is 11.4. The lowest BCUT2D eigenvalue weighted by Gasteiger charge is -2.17. The molecule has 1 aliphatic carbocycles. The van der Waals surface area contributed by atoms with E-state index in [1.54, 1.807) is 6.20 Å². The van der Waals surface area contributed by atoms with E-state index in [1.807, 2.05) is 0 Å². The molecule has 3 rings (SSSR count). The Hall–Kier alpha value is -2.16. The van der Waals surface area contributed by atoms with Crippen LogP contribution in [-0.2, 0) is 17.9 Å². The topological polar surface area (TPSA) is 51.0 Å². The maximum Gasteiger partial charge on any atom is 0.408 e. The highest BCUT2D eigenvalue weighted by molar-refractivity contribution is 7.11. The summed E-state index contributed by atoms with van der Waals surface area (Å²) in [5.41, 5.74) is 0. The Bertz CT molecular complexity index is 748. The van der Waals surface area contributed by atoms with E-state index < -0.39 is 18.6 Å². The van der Waals surface area contributed by atoms with E-state index >= 15 is 0 Å². The number of halogens is 3. The predicted molar refractivity (Wildman–Crippen MR) is 83.8 cm³/mol. The Labute approximate surface area is 140 Å². The molecule has 2 heterocycles. The molecule has 0 atom stereocenters. The van der Waals surface area contributed by atoms with Gasteiger partial charge in [0.05, 0.1) is 11.6 Å². The first-order valence-corrected chi connectivity index (χ1v) is 8.16. The molecule has 24 heavy (non-hydrogen) atoms. The van der Waals surface area contributed by atoms with Crippen LogP contribution in [0.4, 0.5) is 19.0 Å². The molecule has 2 aromatic heterocycles. The van der Waals surface area contributed by atoms with Crippen molar-refractivity contribution in [2.75, 3.05) is 4.90 Å². The van der Waals surface area contributed by atoms with Crippen LogP contribution < -0.4 is 4.90 Å². The number of aromatic nitrogens is 3. The first kappa shape index (κ1) is 16.7. The van der Waals surface area contributed by atoms with E-state index in [4.69, 9.17) is 0 Å². The van der Waals surface area contributed by atoms with Crippen LogP contribution in [0.2, 0.25) is 0 Å². The minimum atomic E-state index is -4.37. The third kappa shape index (κ3) is 4.02. The summed E-state index contributed by atoms with van der Waals surface area (Å²) >= 11 is 1.52. The van der Waals surface area contributed by atoms with Crippen LogP contribution in [0.15, 0.2) is 31.1 Å². The summed E-state index contributed by atoms with van der Waals surface area (Å²) in [5, 5.41) is 4.89. The van der Waals surface area contributed by atoms with Crippen LogP contribution in [0.25, 0.3) is 0 Å². The number of thiazole rings is 1. The molecule has 0 radical (unpaired) electrons. The molecule has 0 bridgehead atoms. The SMILES string of the molecule is C=CC(=O)N(Cc1cnc(C2CC2)s1)c1ccn(CC(F)(F)F)n1. The third-order valence-corrected chi connectivity index (χ3v) is 4.64. The van der Waals surface area contributed by atoms with Gasteiger partial charge < -0.3 is 0 Å². The molecule has 1 saturated carbocycles. The van der Waals surface area contributed by atoms with Gasteiger partial charge >= 0.3 is 6.18 Å². The second-order valence-electron chi connectivity index (χ2n) is 5.55. The summed E-state index contributed by atoms with van der Waals surface area (Å²) in [7, 11) is 0. The van der Waals surface area contributed by atoms with Crippen LogP contribution in [0.1, 0.15) is 28.6 Å². The van der Waals surface area contributed by atoms with Crippen LogP contribution in [-0.4, -0.2) is 26.8 Å². The number of carbonyl (C=O) groups excluding carboxylic acids is 1. The number of hydrogen-bond donors (Lipinski definition) is 0. The summed E-state index contributed by atoms with van der Waals surface area (Å²) in [6, 6.07) is 1.38. The summed E-state index contributed by atoms with van der Waals surface area (Å²) in [4.78, 5) is 18.6. The summed E-state index contributed by atoms with van der Waals surface area (Å²) in [5.74, 6) is 0.248. The highest BCUT2D eigenvalue weighted by Gasteiger charge is 2.29. The Morgan fingerprint density at radius 2 is 2.25 bits per heavy atom. The lowest BCUT2D eigenvalue weighted by Crippen LogP contribution is -2.29. The van der Waals surface area contributed by atoms with Gasteiger partial charge in [-0.1, -0.05) is 6.58 Å². The Morgan fingerprint density at radius 3 is 2.88 bits per heavy atom. The lowest BCUT2D eigenvalue weighted by molar-refractivity contribution is -0.142. The number of hydrogen-bond acceptors (Lipinski definition) is 4. The average molecular weight is 356 g/mol. The molecule has 0 saturated heterocycles. The number of carbonyl (C=O) groups is 1. The van der Waals surface area contributed by atoms with Gasteiger partial charge in [0.15, 0.2) is 5.82 Å². The third-order valence-electron chi connectivity index (χ3n) is 3.50. The number of rotatable bonds is 6. The monoisotopic (exact) mass is 356 g/mol. The van der Waals surface area contributed by atoms with Gasteiger partial charge in [-0.15, -0.1) is 11.3 Å². The molecule has 1 amide bonds. The summed E-state index contributed by atoms with van der Waals surface area (Å²) in [6.45, 7) is 2.45. The summed E-state index contributed by atoms with van der Waals surface area (Å²) in [6.07, 6.45) is 1.91. The Kier molecular flexibility index (Phi) is 4.44. The lowest BCUT2D eigenvalue weighted by atomic mass is 10.4. The van der Waals surface area contributed by atoms with E-state index in [-0.39, 0.29) is 12.4 Å². The molecule has 0 N–H and O–H groups in total. The standard InChI is InChI=1S/C15H15F3N4OS/c1-2-13(23)22(8-11-7-19-14(24-11)10-3-4-10)12-5-6-21(20-12)9-15(16,17)18/h2,5-7,10H,1,3-4,8-9H2. The number of nitrogens with zero attached hydrogens (tertiary/aromatic N) is 4. The molecule has 0 aromatic carbocycles. The second kappa shape index (κ2) is 6.39. The molecule has 2 aromatic rings. The zero-order valence-electron chi connectivity index (χ0n) is 12.7. The van der Waals surface area contributed by atoms with E-state index in [2.05, 4.69) is 16.7 Å². The molecule has 0 aliphatic heterocycles. The zero-order valence-corrected chi connectivity index (χ0v) is 13.5. The largest absolute Gasteiger partial charge is 0.408 e. The number of anilines is 1. The van der Waals surface area contributed by atoms with Crippen molar-refractivity contribution in [1.82, 2.24) is 14.8 Å². The second-order valence-corrected chi connectivity index (χ2v) is 6.70. The van der Waals surface area contributed by atoms with Crippen molar-refractivity contribution in [3.8, 4) is 0 Å². The fraction of sp³-hybridized carbons (Fsp3) is 0.400. The number of amides is 1. The van der Waals surface area contributed by atoms with Crippen molar-refractivity contribution in [3.05, 3.63) is 41.0 Å². The molecule has 1 aliphatic rings. The van der Waals surface area contributed by atoms with Gasteiger partial charge in [-0.05, 0) is 18.9 Å². The molecule has 128 valence electrons. The minimum absolute atomic E-state index is 0.158. The molecule has 5 nitrogen and oxygen atoms in total. The average Bonchev–Trinajstić information content (AvgIpc) is 3.09. The van der Waals surface area contributed by atoms with Crippen molar-refractivity contribution in [2.45, 2.75) is 38.0 Å². The maximum absolute atomic E-state index is 12.4. The molecule has 1 fully saturated rings. The van der Waals surface area contributed by atoms with Gasteiger partial charge in [0.1, 0.15) is 6.54 Å². The van der Waals surface area contributed by atoms with Gasteiger partial charge in [0, 0.05) is 29.3 Å². The van der Waals surface area contributed by atoms with E-state index in [1.165, 1.54) is 28.5 Å². The van der Waals surface area contributed by atoms with Crippen LogP contribution in [0.3, 0.4) is 0 Å². The van der Waals surface area contributed by atoms with Gasteiger partial charge in [-0.2, -0.15) is 18.3 Å². The first-order valence-electron chi connectivity index (χ1n) is 7.34. The maximum atomic E-state index is 12.4. The van der Waals surface area contributed by atoms with Gasteiger partial charge in [0.2, 0.25) is 0 Å². The Balaban J connectivity index is 1.78. The quantitative estimate of drug-likeness (QED) is 0.745. The van der Waals surface area contributed by atoms with Crippen molar-refractivity contribution in [1.29, 1.82) is 0 Å². The number of alkyl halides is 3. The molecule has 9 heteroatoms. The minimum Gasteiger partial charge on any atom is -0.286 e. The van der Waals surface area contributed by atoms with Crippen LogP contribution in [0, 0.1) is 0 Å². The highest BCUT2D eigenvalue weighted by atomic mass is 32.1. The van der Waals surface area contributed by atoms with Crippen molar-refractivity contribution >= 4 is 23.1 Å². The van der Waals surface area contributed by atoms with Crippen molar-refractivity contribution < 1.29 is 18.0 Å². The van der Waals surface area contributed by atoms with Crippen LogP contribution in [0.5, 0.6) is 0 Å². The smallest absolute Gasteiger partial charge is 0.286 e. The van der Waals surface area contributed by atoms with Crippen molar-refractivity contribution in [3.63, 3.8) is 0 Å².